The van der Waals surface area contributed by atoms with Gasteiger partial charge in [-0.25, -0.2) is 0 Å². The first kappa shape index (κ1) is 36.9. The highest BCUT2D eigenvalue weighted by Crippen LogP contribution is 2.66. The summed E-state index contributed by atoms with van der Waals surface area (Å²) in [4.78, 5) is 0.202. The summed E-state index contributed by atoms with van der Waals surface area (Å²) >= 11 is 0. The van der Waals surface area contributed by atoms with Crippen molar-refractivity contribution in [1.29, 1.82) is 0 Å². The van der Waals surface area contributed by atoms with Gasteiger partial charge in [0.05, 0.1) is 30.6 Å². The van der Waals surface area contributed by atoms with Crippen molar-refractivity contribution in [3.05, 3.63) is 59.2 Å². The minimum atomic E-state index is -3.93. The first-order chi connectivity index (χ1) is 23.2. The molecule has 0 spiro atoms. The molecule has 2 saturated carbocycles. The first-order valence-corrected chi connectivity index (χ1v) is 20.4. The van der Waals surface area contributed by atoms with E-state index in [1.165, 1.54) is 68.9 Å². The van der Waals surface area contributed by atoms with E-state index in [1.54, 1.807) is 19.2 Å². The van der Waals surface area contributed by atoms with Crippen molar-refractivity contribution in [3.8, 4) is 5.75 Å². The van der Waals surface area contributed by atoms with Crippen LogP contribution in [0.25, 0.3) is 0 Å². The van der Waals surface area contributed by atoms with E-state index in [1.807, 2.05) is 26.2 Å². The summed E-state index contributed by atoms with van der Waals surface area (Å²) in [5.41, 5.74) is 3.32. The van der Waals surface area contributed by atoms with Gasteiger partial charge in [-0.3, -0.25) is 0 Å². The number of unbranched alkanes of at least 4 members (excludes halogenated alkanes) is 9. The molecule has 2 aromatic carbocycles. The number of hydrogen-bond donors (Lipinski definition) is 0. The topological polar surface area (TPSA) is 74.2 Å². The van der Waals surface area contributed by atoms with Crippen LogP contribution in [0.1, 0.15) is 139 Å². The van der Waals surface area contributed by atoms with Crippen LogP contribution in [0.5, 0.6) is 5.75 Å². The molecule has 0 aliphatic heterocycles. The van der Waals surface area contributed by atoms with Crippen molar-refractivity contribution >= 4 is 15.9 Å². The van der Waals surface area contributed by atoms with E-state index in [0.717, 1.165) is 56.3 Å². The summed E-state index contributed by atoms with van der Waals surface area (Å²) in [7, 11) is -0.369. The van der Waals surface area contributed by atoms with Gasteiger partial charge in [-0.15, -0.1) is 4.40 Å². The molecule has 3 aliphatic rings. The molecule has 2 fully saturated rings. The number of aryl methyl sites for hydroxylation is 2. The van der Waals surface area contributed by atoms with Crippen LogP contribution in [0.2, 0.25) is 0 Å². The van der Waals surface area contributed by atoms with Crippen molar-refractivity contribution < 1.29 is 22.6 Å². The second-order valence-electron chi connectivity index (χ2n) is 15.2. The van der Waals surface area contributed by atoms with E-state index in [0.29, 0.717) is 36.7 Å². The summed E-state index contributed by atoms with van der Waals surface area (Å²) in [6.45, 7) is 7.09. The van der Waals surface area contributed by atoms with Crippen molar-refractivity contribution in [3.63, 3.8) is 0 Å². The molecule has 2 aromatic rings. The van der Waals surface area contributed by atoms with Gasteiger partial charge in [-0.2, -0.15) is 8.42 Å². The Bertz CT molecular complexity index is 1470. The monoisotopic (exact) mass is 679 g/mol. The van der Waals surface area contributed by atoms with Gasteiger partial charge in [0, 0.05) is 12.5 Å². The van der Waals surface area contributed by atoms with Crippen LogP contribution >= 0.6 is 0 Å². The summed E-state index contributed by atoms with van der Waals surface area (Å²) < 4.78 is 50.1. The number of fused-ring (bicyclic) bond motifs is 5. The summed E-state index contributed by atoms with van der Waals surface area (Å²) in [5.74, 6) is 2.89. The van der Waals surface area contributed by atoms with E-state index in [2.05, 4.69) is 36.4 Å². The zero-order valence-corrected chi connectivity index (χ0v) is 31.2. The highest BCUT2D eigenvalue weighted by atomic mass is 32.2. The van der Waals surface area contributed by atoms with E-state index in [9.17, 15) is 8.42 Å². The SMILES string of the molecule is CCCCCCCCCCCCOC(C[C@]1(OC)CC[C@H]2[C@@H]3CCc4cc(OC)ccc4[C@H]3CC[C@@]21C)=NS(=O)(=O)c1ccc(C)cc1. The number of nitrogens with zero attached hydrogens (tertiary/aromatic N) is 1. The zero-order chi connectivity index (χ0) is 34.2. The third-order valence-electron chi connectivity index (χ3n) is 12.4. The molecule has 48 heavy (non-hydrogen) atoms. The van der Waals surface area contributed by atoms with Gasteiger partial charge >= 0.3 is 0 Å². The number of sulfonamides is 1. The van der Waals surface area contributed by atoms with Crippen LogP contribution in [-0.4, -0.2) is 40.7 Å². The Labute approximate surface area is 291 Å². The molecule has 0 heterocycles. The molecule has 0 N–H and O–H groups in total. The molecule has 5 atom stereocenters. The number of benzene rings is 2. The molecule has 266 valence electrons. The minimum Gasteiger partial charge on any atom is -0.497 e. The van der Waals surface area contributed by atoms with Crippen LogP contribution in [0.15, 0.2) is 51.8 Å². The summed E-state index contributed by atoms with van der Waals surface area (Å²) in [6.07, 6.45) is 19.1. The lowest BCUT2D eigenvalue weighted by Crippen LogP contribution is -2.53. The molecule has 5 rings (SSSR count). The maximum Gasteiger partial charge on any atom is 0.285 e. The van der Waals surface area contributed by atoms with Crippen molar-refractivity contribution in [2.45, 2.75) is 146 Å². The second kappa shape index (κ2) is 16.6. The second-order valence-corrected chi connectivity index (χ2v) is 16.8. The van der Waals surface area contributed by atoms with Gasteiger partial charge < -0.3 is 14.2 Å². The Hall–Kier alpha value is -2.38. The molecule has 0 unspecified atom stereocenters. The maximum absolute atomic E-state index is 13.6. The highest BCUT2D eigenvalue weighted by Gasteiger charge is 2.63. The molecular weight excluding hydrogens is 619 g/mol. The van der Waals surface area contributed by atoms with Gasteiger partial charge in [-0.1, -0.05) is 95.4 Å². The van der Waals surface area contributed by atoms with Gasteiger partial charge in [0.25, 0.3) is 10.0 Å². The van der Waals surface area contributed by atoms with Crippen LogP contribution < -0.4 is 4.74 Å². The molecule has 0 radical (unpaired) electrons. The molecule has 3 aliphatic carbocycles. The largest absolute Gasteiger partial charge is 0.497 e. The van der Waals surface area contributed by atoms with Crippen molar-refractivity contribution in [1.82, 2.24) is 0 Å². The Morgan fingerprint density at radius 1 is 0.875 bits per heavy atom. The predicted octanol–water partition coefficient (Wildman–Crippen LogP) is 10.4. The fourth-order valence-electron chi connectivity index (χ4n) is 9.51. The van der Waals surface area contributed by atoms with E-state index >= 15 is 0 Å². The average molecular weight is 680 g/mol. The molecule has 0 aromatic heterocycles. The Morgan fingerprint density at radius 2 is 1.56 bits per heavy atom. The van der Waals surface area contributed by atoms with Gasteiger partial charge in [0.15, 0.2) is 0 Å². The van der Waals surface area contributed by atoms with Gasteiger partial charge in [-0.05, 0) is 105 Å². The smallest absolute Gasteiger partial charge is 0.285 e. The molecule has 6 nitrogen and oxygen atoms in total. The quantitative estimate of drug-likeness (QED) is 0.0945. The van der Waals surface area contributed by atoms with E-state index in [-0.39, 0.29) is 10.3 Å². The van der Waals surface area contributed by atoms with Crippen LogP contribution in [0.4, 0.5) is 0 Å². The molecule has 0 saturated heterocycles. The molecule has 0 amide bonds. The molecule has 0 bridgehead atoms. The fourth-order valence-corrected chi connectivity index (χ4v) is 10.5. The van der Waals surface area contributed by atoms with Crippen molar-refractivity contribution in [2.24, 2.45) is 21.6 Å². The van der Waals surface area contributed by atoms with Crippen LogP contribution in [0, 0.1) is 24.2 Å². The number of rotatable bonds is 17. The average Bonchev–Trinajstić information content (AvgIpc) is 3.38. The lowest BCUT2D eigenvalue weighted by molar-refractivity contribution is -0.123. The zero-order valence-electron chi connectivity index (χ0n) is 30.4. The lowest BCUT2D eigenvalue weighted by Gasteiger charge is -2.54. The number of methoxy groups -OCH3 is 2. The Balaban J connectivity index is 1.29. The third-order valence-corrected chi connectivity index (χ3v) is 13.7. The van der Waals surface area contributed by atoms with Gasteiger partial charge in [0.1, 0.15) is 5.75 Å². The van der Waals surface area contributed by atoms with E-state index < -0.39 is 15.6 Å². The number of hydrogen-bond acceptors (Lipinski definition) is 5. The summed E-state index contributed by atoms with van der Waals surface area (Å²) in [5, 5.41) is 0. The fraction of sp³-hybridized carbons (Fsp3) is 0.683. The maximum atomic E-state index is 13.6. The van der Waals surface area contributed by atoms with E-state index in [4.69, 9.17) is 14.2 Å². The molecular formula is C41H61NO5S. The Kier molecular flexibility index (Phi) is 12.7. The van der Waals surface area contributed by atoms with Crippen LogP contribution in [0.3, 0.4) is 0 Å². The van der Waals surface area contributed by atoms with Crippen LogP contribution in [-0.2, 0) is 25.9 Å². The Morgan fingerprint density at radius 3 is 2.23 bits per heavy atom. The molecule has 7 heteroatoms. The first-order valence-electron chi connectivity index (χ1n) is 18.9. The third kappa shape index (κ3) is 8.15. The lowest BCUT2D eigenvalue weighted by atomic mass is 9.53. The highest BCUT2D eigenvalue weighted by molar-refractivity contribution is 7.90. The number of ether oxygens (including phenoxy) is 3. The normalized spacial score (nSPS) is 26.9. The summed E-state index contributed by atoms with van der Waals surface area (Å²) in [6, 6.07) is 13.6. The predicted molar refractivity (Wildman–Crippen MR) is 196 cm³/mol. The van der Waals surface area contributed by atoms with Crippen molar-refractivity contribution in [2.75, 3.05) is 20.8 Å². The minimum absolute atomic E-state index is 0.0955. The standard InChI is InChI=1S/C41H61NO5S/c1-6-7-8-9-10-11-12-13-14-15-28-47-39(42-48(43,44)34-20-16-31(2)17-21-34)30-41(46-5)27-25-38-37-22-18-32-29-33(45-4)19-23-35(32)36(37)24-26-40(38,41)3/h16-17,19-21,23,29,36-38H,6-15,18,22,24-28,30H2,1-5H3/t36-,37-,38+,40+,41-/m1/s1. The van der Waals surface area contributed by atoms with Gasteiger partial charge in [0.2, 0.25) is 5.90 Å².